The first kappa shape index (κ1) is 20.6. The number of carbonyl (C=O) groups excluding carboxylic acids is 2. The fraction of sp³-hybridized carbons (Fsp3) is 0.333. The molecule has 1 aromatic rings. The van der Waals surface area contributed by atoms with E-state index in [0.717, 1.165) is 5.41 Å². The van der Waals surface area contributed by atoms with E-state index in [1.807, 2.05) is 10.8 Å². The molecule has 1 aromatic carbocycles. The lowest BCUT2D eigenvalue weighted by molar-refractivity contribution is -0.141. The maximum atomic E-state index is 12.4. The number of allylic oxidation sites excluding steroid dienone is 1. The molecule has 1 N–H and O–H groups in total. The lowest BCUT2D eigenvalue weighted by Gasteiger charge is -2.23. The van der Waals surface area contributed by atoms with Crippen molar-refractivity contribution in [1.29, 1.82) is 0 Å². The van der Waals surface area contributed by atoms with Crippen molar-refractivity contribution < 1.29 is 18.0 Å². The van der Waals surface area contributed by atoms with Gasteiger partial charge in [-0.1, -0.05) is 36.4 Å². The number of rotatable bonds is 9. The molecule has 0 heterocycles. The zero-order valence-electron chi connectivity index (χ0n) is 14.5. The van der Waals surface area contributed by atoms with Crippen LogP contribution in [0.3, 0.4) is 0 Å². The van der Waals surface area contributed by atoms with E-state index < -0.39 is 27.8 Å². The topological polar surface area (TPSA) is 83.5 Å². The highest BCUT2D eigenvalue weighted by Crippen LogP contribution is 2.11. The second-order valence-corrected chi connectivity index (χ2v) is 6.88. The van der Waals surface area contributed by atoms with Crippen LogP contribution in [0, 0.1) is 5.92 Å². The normalized spacial score (nSPS) is 12.6. The maximum Gasteiger partial charge on any atom is 0.257 e. The Bertz CT molecular complexity index is 723. The zero-order chi connectivity index (χ0) is 18.9. The van der Waals surface area contributed by atoms with E-state index in [1.165, 1.54) is 17.1 Å². The van der Waals surface area contributed by atoms with Crippen molar-refractivity contribution in [3.8, 4) is 0 Å². The van der Waals surface area contributed by atoms with Gasteiger partial charge in [-0.3, -0.25) is 9.59 Å². The van der Waals surface area contributed by atoms with Crippen LogP contribution in [0.15, 0.2) is 48.4 Å². The first-order valence-corrected chi connectivity index (χ1v) is 9.58. The molecule has 7 heteroatoms. The summed E-state index contributed by atoms with van der Waals surface area (Å²) in [6, 6.07) is 8.82. The van der Waals surface area contributed by atoms with Gasteiger partial charge in [0.1, 0.15) is 5.92 Å². The van der Waals surface area contributed by atoms with Gasteiger partial charge in [-0.2, -0.15) is 0 Å². The fourth-order valence-electron chi connectivity index (χ4n) is 2.22. The van der Waals surface area contributed by atoms with Crippen molar-refractivity contribution in [3.05, 3.63) is 54.0 Å². The average Bonchev–Trinajstić information content (AvgIpc) is 2.59. The average molecular weight is 364 g/mol. The van der Waals surface area contributed by atoms with Crippen LogP contribution in [0.2, 0.25) is 0 Å². The van der Waals surface area contributed by atoms with Crippen LogP contribution < -0.4 is 4.72 Å². The first-order chi connectivity index (χ1) is 11.8. The predicted octanol–water partition coefficient (Wildman–Crippen LogP) is 2.16. The van der Waals surface area contributed by atoms with Crippen molar-refractivity contribution in [1.82, 2.24) is 9.62 Å². The minimum absolute atomic E-state index is 0.0685. The van der Waals surface area contributed by atoms with Crippen LogP contribution in [0.1, 0.15) is 25.8 Å². The molecule has 136 valence electrons. The summed E-state index contributed by atoms with van der Waals surface area (Å²) < 4.78 is 26.1. The van der Waals surface area contributed by atoms with E-state index >= 15 is 0 Å². The van der Waals surface area contributed by atoms with Gasteiger partial charge in [0, 0.05) is 13.1 Å². The molecule has 0 aliphatic heterocycles. The maximum absolute atomic E-state index is 12.4. The highest BCUT2D eigenvalue weighted by molar-refractivity contribution is 7.93. The molecule has 0 bridgehead atoms. The lowest BCUT2D eigenvalue weighted by atomic mass is 10.0. The molecule has 25 heavy (non-hydrogen) atoms. The van der Waals surface area contributed by atoms with Gasteiger partial charge in [-0.25, -0.2) is 13.1 Å². The highest BCUT2D eigenvalue weighted by atomic mass is 32.2. The molecule has 1 rings (SSSR count). The molecule has 0 aromatic heterocycles. The van der Waals surface area contributed by atoms with E-state index in [1.54, 1.807) is 38.1 Å². The third-order valence-corrected chi connectivity index (χ3v) is 4.55. The van der Waals surface area contributed by atoms with Crippen molar-refractivity contribution in [2.24, 2.45) is 5.92 Å². The number of nitrogens with zero attached hydrogens (tertiary/aromatic N) is 1. The molecule has 1 atom stereocenters. The summed E-state index contributed by atoms with van der Waals surface area (Å²) in [4.78, 5) is 26.2. The van der Waals surface area contributed by atoms with Gasteiger partial charge in [0.05, 0.1) is 5.41 Å². The standard InChI is InChI=1S/C18H24N2O4S/c1-4-10-16(18(22)20(5-2)6-3)17(21)19-25(23,24)14-13-15-11-8-7-9-12-15/h4,7-9,11-14,16H,1,5-6,10H2,2-3H3,(H,19,21)/b14-13+. The largest absolute Gasteiger partial charge is 0.343 e. The summed E-state index contributed by atoms with van der Waals surface area (Å²) >= 11 is 0. The van der Waals surface area contributed by atoms with Crippen LogP contribution in [0.5, 0.6) is 0 Å². The Labute approximate surface area is 149 Å². The number of amides is 2. The minimum atomic E-state index is -4.00. The molecular weight excluding hydrogens is 340 g/mol. The van der Waals surface area contributed by atoms with Gasteiger partial charge in [0.25, 0.3) is 10.0 Å². The summed E-state index contributed by atoms with van der Waals surface area (Å²) in [6.07, 6.45) is 2.88. The molecule has 0 radical (unpaired) electrons. The summed E-state index contributed by atoms with van der Waals surface area (Å²) in [5.41, 5.74) is 0.683. The second kappa shape index (κ2) is 9.78. The minimum Gasteiger partial charge on any atom is -0.343 e. The number of benzene rings is 1. The molecule has 0 saturated heterocycles. The number of sulfonamides is 1. The number of hydrogen-bond acceptors (Lipinski definition) is 4. The number of nitrogens with one attached hydrogen (secondary N) is 1. The van der Waals surface area contributed by atoms with E-state index in [2.05, 4.69) is 6.58 Å². The van der Waals surface area contributed by atoms with Crippen molar-refractivity contribution in [2.45, 2.75) is 20.3 Å². The Morgan fingerprint density at radius 3 is 2.32 bits per heavy atom. The number of hydrogen-bond donors (Lipinski definition) is 1. The lowest BCUT2D eigenvalue weighted by Crippen LogP contribution is -2.44. The van der Waals surface area contributed by atoms with E-state index in [9.17, 15) is 18.0 Å². The third-order valence-electron chi connectivity index (χ3n) is 3.57. The van der Waals surface area contributed by atoms with Gasteiger partial charge >= 0.3 is 0 Å². The summed E-state index contributed by atoms with van der Waals surface area (Å²) in [6.45, 7) is 8.01. The van der Waals surface area contributed by atoms with Gasteiger partial charge in [0.15, 0.2) is 0 Å². The number of carbonyl (C=O) groups is 2. The van der Waals surface area contributed by atoms with E-state index in [4.69, 9.17) is 0 Å². The van der Waals surface area contributed by atoms with Crippen molar-refractivity contribution in [3.63, 3.8) is 0 Å². The fourth-order valence-corrected chi connectivity index (χ4v) is 3.05. The van der Waals surface area contributed by atoms with Gasteiger partial charge in [-0.15, -0.1) is 6.58 Å². The monoisotopic (exact) mass is 364 g/mol. The molecule has 0 fully saturated rings. The SMILES string of the molecule is C=CCC(C(=O)NS(=O)(=O)/C=C/c1ccccc1)C(=O)N(CC)CC. The van der Waals surface area contributed by atoms with Gasteiger partial charge in [0.2, 0.25) is 11.8 Å². The third kappa shape index (κ3) is 6.54. The van der Waals surface area contributed by atoms with Crippen molar-refractivity contribution in [2.75, 3.05) is 13.1 Å². The van der Waals surface area contributed by atoms with Crippen molar-refractivity contribution >= 4 is 27.9 Å². The molecular formula is C18H24N2O4S. The van der Waals surface area contributed by atoms with Crippen LogP contribution >= 0.6 is 0 Å². The quantitative estimate of drug-likeness (QED) is 0.538. The molecule has 0 spiro atoms. The summed E-state index contributed by atoms with van der Waals surface area (Å²) in [5.74, 6) is -2.38. The molecule has 0 saturated carbocycles. The Balaban J connectivity index is 2.89. The van der Waals surface area contributed by atoms with Crippen LogP contribution in [0.4, 0.5) is 0 Å². The molecule has 2 amide bonds. The second-order valence-electron chi connectivity index (χ2n) is 5.31. The van der Waals surface area contributed by atoms with Crippen LogP contribution in [0.25, 0.3) is 6.08 Å². The van der Waals surface area contributed by atoms with Crippen LogP contribution in [-0.2, 0) is 19.6 Å². The van der Waals surface area contributed by atoms with Gasteiger partial charge < -0.3 is 4.90 Å². The summed E-state index contributed by atoms with van der Waals surface area (Å²) in [5, 5.41) is 0.910. The smallest absolute Gasteiger partial charge is 0.257 e. The Kier molecular flexibility index (Phi) is 8.07. The Morgan fingerprint density at radius 2 is 1.80 bits per heavy atom. The Hall–Kier alpha value is -2.41. The van der Waals surface area contributed by atoms with Crippen LogP contribution in [-0.4, -0.2) is 38.2 Å². The molecule has 0 aliphatic carbocycles. The molecule has 0 aliphatic rings. The first-order valence-electron chi connectivity index (χ1n) is 8.04. The highest BCUT2D eigenvalue weighted by Gasteiger charge is 2.30. The zero-order valence-corrected chi connectivity index (χ0v) is 15.3. The van der Waals surface area contributed by atoms with E-state index in [0.29, 0.717) is 18.7 Å². The van der Waals surface area contributed by atoms with E-state index in [-0.39, 0.29) is 6.42 Å². The predicted molar refractivity (Wildman–Crippen MR) is 98.8 cm³/mol. The molecule has 6 nitrogen and oxygen atoms in total. The summed E-state index contributed by atoms with van der Waals surface area (Å²) in [7, 11) is -4.00. The molecule has 1 unspecified atom stereocenters. The van der Waals surface area contributed by atoms with Gasteiger partial charge in [-0.05, 0) is 31.9 Å². The Morgan fingerprint density at radius 1 is 1.20 bits per heavy atom.